The molecule has 0 spiro atoms. The van der Waals surface area contributed by atoms with Crippen molar-refractivity contribution < 1.29 is 24.9 Å². The van der Waals surface area contributed by atoms with Gasteiger partial charge in [-0.25, -0.2) is 0 Å². The summed E-state index contributed by atoms with van der Waals surface area (Å²) in [5, 5.41) is 24.4. The van der Waals surface area contributed by atoms with E-state index in [0.29, 0.717) is 12.5 Å². The van der Waals surface area contributed by atoms with Crippen LogP contribution in [0.15, 0.2) is 0 Å². The summed E-state index contributed by atoms with van der Waals surface area (Å²) in [5.41, 5.74) is 0. The molecule has 0 aromatic heterocycles. The van der Waals surface area contributed by atoms with Crippen LogP contribution >= 0.6 is 0 Å². The van der Waals surface area contributed by atoms with Crippen LogP contribution in [-0.2, 0) is 9.59 Å². The van der Waals surface area contributed by atoms with Crippen LogP contribution in [0.3, 0.4) is 0 Å². The van der Waals surface area contributed by atoms with Gasteiger partial charge >= 0.3 is 11.9 Å². The fourth-order valence-electron chi connectivity index (χ4n) is 1.45. The van der Waals surface area contributed by atoms with Crippen molar-refractivity contribution in [3.8, 4) is 0 Å². The van der Waals surface area contributed by atoms with E-state index in [0.717, 1.165) is 12.3 Å². The molecule has 5 nitrogen and oxygen atoms in total. The molecule has 0 rings (SSSR count). The Morgan fingerprint density at radius 2 is 1.37 bits per heavy atom. The van der Waals surface area contributed by atoms with Crippen molar-refractivity contribution in [1.82, 2.24) is 0 Å². The Bertz CT molecular complexity index is 224. The molecule has 5 heteroatoms. The molecule has 0 amide bonds. The Morgan fingerprint density at radius 1 is 0.895 bits per heavy atom. The number of carboxylic acid groups (broad SMARTS) is 2. The van der Waals surface area contributed by atoms with E-state index in [2.05, 4.69) is 20.8 Å². The first-order valence-corrected chi connectivity index (χ1v) is 6.84. The Morgan fingerprint density at radius 3 is 1.68 bits per heavy atom. The van der Waals surface area contributed by atoms with Gasteiger partial charge < -0.3 is 15.3 Å². The number of aliphatic hydroxyl groups is 1. The Hall–Kier alpha value is -1.10. The summed E-state index contributed by atoms with van der Waals surface area (Å²) in [6.45, 7) is 7.09. The second-order valence-corrected chi connectivity index (χ2v) is 5.23. The van der Waals surface area contributed by atoms with Crippen molar-refractivity contribution in [2.75, 3.05) is 6.61 Å². The highest BCUT2D eigenvalue weighted by molar-refractivity contribution is 5.75. The van der Waals surface area contributed by atoms with Crippen LogP contribution in [0.25, 0.3) is 0 Å². The summed E-state index contributed by atoms with van der Waals surface area (Å²) in [7, 11) is 0. The molecule has 3 N–H and O–H groups in total. The van der Waals surface area contributed by atoms with Gasteiger partial charge in [-0.05, 0) is 18.3 Å². The van der Waals surface area contributed by atoms with E-state index in [-0.39, 0.29) is 12.8 Å². The smallest absolute Gasteiger partial charge is 0.303 e. The minimum Gasteiger partial charge on any atom is -0.481 e. The first kappa shape index (κ1) is 20.2. The second kappa shape index (κ2) is 13.3. The van der Waals surface area contributed by atoms with Crippen molar-refractivity contribution in [2.45, 2.75) is 59.3 Å². The minimum atomic E-state index is -1.08. The van der Waals surface area contributed by atoms with Gasteiger partial charge in [-0.15, -0.1) is 0 Å². The van der Waals surface area contributed by atoms with Gasteiger partial charge in [0.05, 0.1) is 12.8 Å². The summed E-state index contributed by atoms with van der Waals surface area (Å²) in [6.07, 6.45) is 4.30. The summed E-state index contributed by atoms with van der Waals surface area (Å²) in [5.74, 6) is -0.616. The van der Waals surface area contributed by atoms with E-state index in [1.165, 1.54) is 19.3 Å². The lowest BCUT2D eigenvalue weighted by molar-refractivity contribution is -0.143. The van der Waals surface area contributed by atoms with Crippen LogP contribution in [-0.4, -0.2) is 33.9 Å². The highest BCUT2D eigenvalue weighted by atomic mass is 16.4. The molecule has 0 fully saturated rings. The molecule has 0 saturated carbocycles. The molecule has 19 heavy (non-hydrogen) atoms. The molecule has 1 atom stereocenters. The first-order chi connectivity index (χ1) is 8.79. The molecular formula is C14H28O5. The Labute approximate surface area is 115 Å². The predicted octanol–water partition coefficient (Wildman–Crippen LogP) is 2.77. The van der Waals surface area contributed by atoms with Gasteiger partial charge in [0.1, 0.15) is 0 Å². The Kier molecular flexibility index (Phi) is 14.2. The largest absolute Gasteiger partial charge is 0.481 e. The van der Waals surface area contributed by atoms with Gasteiger partial charge in [0.15, 0.2) is 0 Å². The third-order valence-electron chi connectivity index (χ3n) is 2.65. The second-order valence-electron chi connectivity index (χ2n) is 5.23. The standard InChI is InChI=1S/C10H22O.C4H6O4/c1-9(2)5-4-6-10(3)7-8-11;5-3(6)1-2-4(7)8/h9-11H,4-8H2,1-3H3;1-2H2,(H,5,6)(H,7,8). The van der Waals surface area contributed by atoms with Crippen molar-refractivity contribution in [3.63, 3.8) is 0 Å². The number of hydrogen-bond acceptors (Lipinski definition) is 3. The van der Waals surface area contributed by atoms with Crippen LogP contribution in [0, 0.1) is 11.8 Å². The SMILES string of the molecule is CC(C)CCCC(C)CCO.O=C(O)CCC(=O)O. The zero-order chi connectivity index (χ0) is 15.3. The molecule has 0 aromatic rings. The normalized spacial score (nSPS) is 11.6. The maximum atomic E-state index is 9.64. The van der Waals surface area contributed by atoms with E-state index in [4.69, 9.17) is 15.3 Å². The molecule has 0 aliphatic carbocycles. The topological polar surface area (TPSA) is 94.8 Å². The fraction of sp³-hybridized carbons (Fsp3) is 0.857. The zero-order valence-corrected chi connectivity index (χ0v) is 12.3. The van der Waals surface area contributed by atoms with Gasteiger partial charge in [0, 0.05) is 6.61 Å². The maximum absolute atomic E-state index is 9.64. The lowest BCUT2D eigenvalue weighted by atomic mass is 9.98. The molecule has 114 valence electrons. The quantitative estimate of drug-likeness (QED) is 0.602. The highest BCUT2D eigenvalue weighted by Gasteiger charge is 2.01. The lowest BCUT2D eigenvalue weighted by Gasteiger charge is -2.09. The monoisotopic (exact) mass is 276 g/mol. The first-order valence-electron chi connectivity index (χ1n) is 6.84. The number of rotatable bonds is 9. The minimum absolute atomic E-state index is 0.296. The number of aliphatic hydroxyl groups excluding tert-OH is 1. The molecule has 0 aliphatic heterocycles. The van der Waals surface area contributed by atoms with Crippen molar-refractivity contribution >= 4 is 11.9 Å². The molecule has 0 radical (unpaired) electrons. The average molecular weight is 276 g/mol. The maximum Gasteiger partial charge on any atom is 0.303 e. The number of aliphatic carboxylic acids is 2. The van der Waals surface area contributed by atoms with Crippen LogP contribution < -0.4 is 0 Å². The van der Waals surface area contributed by atoms with Crippen LogP contribution in [0.2, 0.25) is 0 Å². The molecule has 1 unspecified atom stereocenters. The van der Waals surface area contributed by atoms with Crippen molar-refractivity contribution in [3.05, 3.63) is 0 Å². The lowest BCUT2D eigenvalue weighted by Crippen LogP contribution is -2.00. The van der Waals surface area contributed by atoms with E-state index in [1.54, 1.807) is 0 Å². The predicted molar refractivity (Wildman–Crippen MR) is 74.1 cm³/mol. The molecule has 0 heterocycles. The molecule has 0 aromatic carbocycles. The Balaban J connectivity index is 0. The summed E-state index contributed by atoms with van der Waals surface area (Å²) < 4.78 is 0. The molecular weight excluding hydrogens is 248 g/mol. The van der Waals surface area contributed by atoms with E-state index in [9.17, 15) is 9.59 Å². The van der Waals surface area contributed by atoms with E-state index >= 15 is 0 Å². The van der Waals surface area contributed by atoms with Gasteiger partial charge in [-0.3, -0.25) is 9.59 Å². The highest BCUT2D eigenvalue weighted by Crippen LogP contribution is 2.14. The van der Waals surface area contributed by atoms with Crippen molar-refractivity contribution in [2.24, 2.45) is 11.8 Å². The fourth-order valence-corrected chi connectivity index (χ4v) is 1.45. The van der Waals surface area contributed by atoms with E-state index < -0.39 is 11.9 Å². The number of carbonyl (C=O) groups is 2. The summed E-state index contributed by atoms with van der Waals surface area (Å²) >= 11 is 0. The summed E-state index contributed by atoms with van der Waals surface area (Å²) in [4.78, 5) is 19.3. The third-order valence-corrected chi connectivity index (χ3v) is 2.65. The van der Waals surface area contributed by atoms with Crippen LogP contribution in [0.5, 0.6) is 0 Å². The van der Waals surface area contributed by atoms with Crippen LogP contribution in [0.1, 0.15) is 59.3 Å². The van der Waals surface area contributed by atoms with E-state index in [1.807, 2.05) is 0 Å². The van der Waals surface area contributed by atoms with Crippen LogP contribution in [0.4, 0.5) is 0 Å². The third kappa shape index (κ3) is 22.5. The molecule has 0 bridgehead atoms. The van der Waals surface area contributed by atoms with Gasteiger partial charge in [-0.1, -0.05) is 40.0 Å². The summed E-state index contributed by atoms with van der Waals surface area (Å²) in [6, 6.07) is 0. The average Bonchev–Trinajstić information content (AvgIpc) is 2.27. The molecule has 0 saturated heterocycles. The zero-order valence-electron chi connectivity index (χ0n) is 12.3. The number of hydrogen-bond donors (Lipinski definition) is 3. The van der Waals surface area contributed by atoms with Gasteiger partial charge in [-0.2, -0.15) is 0 Å². The van der Waals surface area contributed by atoms with Gasteiger partial charge in [0.2, 0.25) is 0 Å². The number of carboxylic acids is 2. The molecule has 0 aliphatic rings. The van der Waals surface area contributed by atoms with Crippen molar-refractivity contribution in [1.29, 1.82) is 0 Å². The van der Waals surface area contributed by atoms with Gasteiger partial charge in [0.25, 0.3) is 0 Å².